The summed E-state index contributed by atoms with van der Waals surface area (Å²) in [6, 6.07) is 8.65. The predicted octanol–water partition coefficient (Wildman–Crippen LogP) is 5.05. The molecular formula is C12H14I2Ti. The maximum atomic E-state index is 2.40. The molecule has 0 saturated heterocycles. The summed E-state index contributed by atoms with van der Waals surface area (Å²) < 4.78 is 0. The van der Waals surface area contributed by atoms with Crippen LogP contribution in [0.25, 0.3) is 6.08 Å². The van der Waals surface area contributed by atoms with Crippen molar-refractivity contribution in [2.45, 2.75) is 20.3 Å². The van der Waals surface area contributed by atoms with Gasteiger partial charge in [0.05, 0.1) is 0 Å². The zero-order chi connectivity index (χ0) is 11.3. The predicted molar refractivity (Wildman–Crippen MR) is 81.0 cm³/mol. The molecule has 1 aliphatic carbocycles. The number of hydrogen-bond donors (Lipinski definition) is 0. The molecule has 3 heteroatoms. The van der Waals surface area contributed by atoms with Gasteiger partial charge in [-0.2, -0.15) is 0 Å². The maximum absolute atomic E-state index is 2.40. The topological polar surface area (TPSA) is 0 Å². The first-order chi connectivity index (χ1) is 7.19. The number of rotatable bonds is 1. The van der Waals surface area contributed by atoms with Gasteiger partial charge in [0.2, 0.25) is 0 Å². The van der Waals surface area contributed by atoms with Crippen LogP contribution in [-0.2, 0) is 18.1 Å². The summed E-state index contributed by atoms with van der Waals surface area (Å²) in [5, 5.41) is 0. The van der Waals surface area contributed by atoms with Crippen LogP contribution in [-0.4, -0.2) is 0 Å². The van der Waals surface area contributed by atoms with Crippen LogP contribution >= 0.6 is 38.4 Å². The van der Waals surface area contributed by atoms with Crippen molar-refractivity contribution < 1.29 is 11.7 Å². The van der Waals surface area contributed by atoms with Gasteiger partial charge in [0, 0.05) is 0 Å². The fourth-order valence-electron chi connectivity index (χ4n) is 1.68. The van der Waals surface area contributed by atoms with E-state index in [1.165, 1.54) is 11.1 Å². The normalized spacial score (nSPS) is 12.7. The van der Waals surface area contributed by atoms with Crippen LogP contribution in [0.15, 0.2) is 29.8 Å². The molecule has 2 rings (SSSR count). The van der Waals surface area contributed by atoms with Gasteiger partial charge in [0.15, 0.2) is 0 Å². The summed E-state index contributed by atoms with van der Waals surface area (Å²) in [4.78, 5) is 0. The van der Waals surface area contributed by atoms with Crippen LogP contribution in [0.3, 0.4) is 0 Å². The number of benzene rings is 1. The summed E-state index contributed by atoms with van der Waals surface area (Å²) in [5.74, 6) is 0.692. The molecule has 1 aliphatic rings. The molecule has 0 spiro atoms. The molecule has 80 valence electrons. The van der Waals surface area contributed by atoms with Crippen LogP contribution in [0.2, 0.25) is 0 Å². The molecule has 0 bridgehead atoms. The Kier molecular flexibility index (Phi) is 7.06. The van der Waals surface area contributed by atoms with Gasteiger partial charge in [-0.15, -0.1) is 0 Å². The van der Waals surface area contributed by atoms with E-state index in [2.05, 4.69) is 82.6 Å². The van der Waals surface area contributed by atoms with Crippen LogP contribution in [0.5, 0.6) is 0 Å². The molecule has 0 fully saturated rings. The third kappa shape index (κ3) is 4.48. The average Bonchev–Trinajstić information content (AvgIpc) is 2.62. The number of allylic oxidation sites excluding steroid dienone is 1. The van der Waals surface area contributed by atoms with E-state index in [0.29, 0.717) is 17.6 Å². The van der Waals surface area contributed by atoms with Crippen LogP contribution in [0.1, 0.15) is 25.0 Å². The molecule has 0 N–H and O–H groups in total. The number of halogens is 2. The second kappa shape index (κ2) is 7.46. The van der Waals surface area contributed by atoms with Crippen molar-refractivity contribution in [3.05, 3.63) is 41.0 Å². The summed E-state index contributed by atoms with van der Waals surface area (Å²) in [6.45, 7) is 4.52. The monoisotopic (exact) mass is 460 g/mol. The second-order valence-corrected chi connectivity index (χ2v) is 17.0. The third-order valence-corrected chi connectivity index (χ3v) is 2.53. The van der Waals surface area contributed by atoms with E-state index in [4.69, 9.17) is 0 Å². The van der Waals surface area contributed by atoms with E-state index in [0.717, 1.165) is 6.42 Å². The van der Waals surface area contributed by atoms with Gasteiger partial charge in [0.25, 0.3) is 0 Å². The van der Waals surface area contributed by atoms with Crippen molar-refractivity contribution in [3.63, 3.8) is 0 Å². The minimum absolute atomic E-state index is 0.440. The average molecular weight is 460 g/mol. The zero-order valence-corrected chi connectivity index (χ0v) is 14.8. The quantitative estimate of drug-likeness (QED) is 0.407. The fraction of sp³-hybridized carbons (Fsp3) is 0.333. The van der Waals surface area contributed by atoms with E-state index in [-0.39, 0.29) is 0 Å². The molecule has 0 aromatic heterocycles. The Morgan fingerprint density at radius 1 is 1.20 bits per heavy atom. The third-order valence-electron chi connectivity index (χ3n) is 2.53. The molecule has 0 radical (unpaired) electrons. The van der Waals surface area contributed by atoms with Gasteiger partial charge in [-0.3, -0.25) is 0 Å². The molecule has 0 nitrogen and oxygen atoms in total. The van der Waals surface area contributed by atoms with E-state index in [1.54, 1.807) is 5.57 Å². The zero-order valence-electron chi connectivity index (χ0n) is 8.93. The van der Waals surface area contributed by atoms with Gasteiger partial charge >= 0.3 is 50.0 Å². The molecule has 0 heterocycles. The van der Waals surface area contributed by atoms with Crippen molar-refractivity contribution in [2.24, 2.45) is 5.92 Å². The standard InChI is InChI=1S/C12H14.2HI.Ti/c1-9(2)12-7-10-5-3-4-6-11(10)8-12;;;/h3-7,9H,8H2,1-2H3;2*1H;/q;;;+2/p-2. The number of fused-ring (bicyclic) bond motifs is 1. The van der Waals surface area contributed by atoms with Crippen LogP contribution in [0.4, 0.5) is 0 Å². The Labute approximate surface area is 122 Å². The molecule has 0 amide bonds. The Balaban J connectivity index is 0.000000337. The Bertz CT molecular complexity index is 345. The summed E-state index contributed by atoms with van der Waals surface area (Å²) in [6.07, 6.45) is 3.49. The van der Waals surface area contributed by atoms with Gasteiger partial charge in [-0.1, -0.05) is 49.8 Å². The first-order valence-corrected chi connectivity index (χ1v) is 15.0. The molecule has 1 aromatic carbocycles. The number of hydrogen-bond acceptors (Lipinski definition) is 0. The second-order valence-electron chi connectivity index (χ2n) is 3.82. The fourth-order valence-corrected chi connectivity index (χ4v) is 1.68. The summed E-state index contributed by atoms with van der Waals surface area (Å²) in [7, 11) is 0. The van der Waals surface area contributed by atoms with Crippen molar-refractivity contribution in [1.29, 1.82) is 0 Å². The molecule has 0 saturated carbocycles. The summed E-state index contributed by atoms with van der Waals surface area (Å²) in [5.41, 5.74) is 4.47. The SMILES string of the molecule is CC(C)C1=Cc2ccccc2C1.[I][Ti][I]. The minimum atomic E-state index is 0.440. The Hall–Kier alpha value is 1.13. The van der Waals surface area contributed by atoms with Gasteiger partial charge in [-0.05, 0) is 23.5 Å². The molecule has 0 atom stereocenters. The van der Waals surface area contributed by atoms with Crippen molar-refractivity contribution >= 4 is 44.5 Å². The van der Waals surface area contributed by atoms with E-state index >= 15 is 0 Å². The molecule has 1 aromatic rings. The van der Waals surface area contributed by atoms with Crippen LogP contribution in [0, 0.1) is 5.92 Å². The molecule has 15 heavy (non-hydrogen) atoms. The molecule has 0 aliphatic heterocycles. The van der Waals surface area contributed by atoms with Gasteiger partial charge < -0.3 is 0 Å². The van der Waals surface area contributed by atoms with E-state index in [9.17, 15) is 0 Å². The Morgan fingerprint density at radius 3 is 2.33 bits per heavy atom. The summed E-state index contributed by atoms with van der Waals surface area (Å²) >= 11 is 5.24. The van der Waals surface area contributed by atoms with Crippen molar-refractivity contribution in [1.82, 2.24) is 0 Å². The first kappa shape index (κ1) is 14.2. The van der Waals surface area contributed by atoms with Gasteiger partial charge in [-0.25, -0.2) is 0 Å². The van der Waals surface area contributed by atoms with Gasteiger partial charge in [0.1, 0.15) is 0 Å². The van der Waals surface area contributed by atoms with Crippen LogP contribution < -0.4 is 0 Å². The van der Waals surface area contributed by atoms with Crippen molar-refractivity contribution in [2.75, 3.05) is 0 Å². The van der Waals surface area contributed by atoms with Crippen molar-refractivity contribution in [3.8, 4) is 0 Å². The Morgan fingerprint density at radius 2 is 1.80 bits per heavy atom. The first-order valence-electron chi connectivity index (χ1n) is 4.93. The molecular weight excluding hydrogens is 446 g/mol. The molecule has 0 unspecified atom stereocenters. The van der Waals surface area contributed by atoms with E-state index < -0.39 is 0 Å². The van der Waals surface area contributed by atoms with E-state index in [1.807, 2.05) is 0 Å².